The van der Waals surface area contributed by atoms with Gasteiger partial charge in [0.1, 0.15) is 12.4 Å². The second kappa shape index (κ2) is 10.4. The van der Waals surface area contributed by atoms with E-state index in [0.29, 0.717) is 5.69 Å². The fourth-order valence-electron chi connectivity index (χ4n) is 1.34. The van der Waals surface area contributed by atoms with Crippen LogP contribution in [0.15, 0.2) is 29.3 Å². The Morgan fingerprint density at radius 3 is 2.60 bits per heavy atom. The quantitative estimate of drug-likeness (QED) is 0.299. The van der Waals surface area contributed by atoms with Gasteiger partial charge in [-0.2, -0.15) is 0 Å². The van der Waals surface area contributed by atoms with E-state index in [2.05, 4.69) is 22.5 Å². The highest BCUT2D eigenvalue weighted by Crippen LogP contribution is 2.07. The van der Waals surface area contributed by atoms with Gasteiger partial charge >= 0.3 is 0 Å². The first-order valence-corrected chi connectivity index (χ1v) is 6.21. The molecule has 1 amide bonds. The number of carbonyl (C=O) groups excluding carboxylic acids is 1. The third kappa shape index (κ3) is 7.93. The maximum Gasteiger partial charge on any atom is 0.246 e. The summed E-state index contributed by atoms with van der Waals surface area (Å²) in [7, 11) is 0. The number of rotatable bonds is 6. The monoisotopic (exact) mass is 394 g/mol. The Hall–Kier alpha value is -1.38. The van der Waals surface area contributed by atoms with Crippen molar-refractivity contribution in [3.63, 3.8) is 0 Å². The Morgan fingerprint density at radius 1 is 1.35 bits per heavy atom. The Labute approximate surface area is 135 Å². The smallest absolute Gasteiger partial charge is 0.246 e. The van der Waals surface area contributed by atoms with Crippen molar-refractivity contribution in [1.82, 2.24) is 5.32 Å². The van der Waals surface area contributed by atoms with Gasteiger partial charge in [0.25, 0.3) is 0 Å². The summed E-state index contributed by atoms with van der Waals surface area (Å²) in [6.45, 7) is 2.75. The van der Waals surface area contributed by atoms with Crippen LogP contribution < -0.4 is 16.4 Å². The highest BCUT2D eigenvalue weighted by molar-refractivity contribution is 14.0. The van der Waals surface area contributed by atoms with Gasteiger partial charge in [0.05, 0.1) is 0 Å². The first-order chi connectivity index (χ1) is 9.11. The number of amides is 1. The molecule has 1 aromatic carbocycles. The zero-order valence-corrected chi connectivity index (χ0v) is 13.7. The number of hydrogen-bond donors (Lipinski definition) is 3. The molecule has 5 nitrogen and oxygen atoms in total. The molecule has 0 heterocycles. The third-order valence-corrected chi connectivity index (χ3v) is 2.36. The molecule has 0 fully saturated rings. The van der Waals surface area contributed by atoms with E-state index in [1.165, 1.54) is 24.3 Å². The van der Waals surface area contributed by atoms with Gasteiger partial charge in [-0.3, -0.25) is 4.79 Å². The largest absolute Gasteiger partial charge is 0.370 e. The van der Waals surface area contributed by atoms with E-state index < -0.39 is 0 Å². The van der Waals surface area contributed by atoms with Crippen molar-refractivity contribution in [3.05, 3.63) is 30.1 Å². The number of aliphatic imine (C=N–C) groups is 1. The van der Waals surface area contributed by atoms with E-state index >= 15 is 0 Å². The molecule has 0 aliphatic rings. The molecule has 112 valence electrons. The van der Waals surface area contributed by atoms with Crippen LogP contribution >= 0.6 is 24.0 Å². The first-order valence-electron chi connectivity index (χ1n) is 6.21. The molecule has 7 heteroatoms. The van der Waals surface area contributed by atoms with Crippen molar-refractivity contribution in [1.29, 1.82) is 0 Å². The van der Waals surface area contributed by atoms with Gasteiger partial charge in [-0.15, -0.1) is 24.0 Å². The van der Waals surface area contributed by atoms with E-state index in [0.717, 1.165) is 19.4 Å². The maximum absolute atomic E-state index is 12.7. The molecule has 20 heavy (non-hydrogen) atoms. The molecule has 0 saturated carbocycles. The number of nitrogens with two attached hydrogens (primary N) is 1. The second-order valence-corrected chi connectivity index (χ2v) is 4.04. The summed E-state index contributed by atoms with van der Waals surface area (Å²) in [6, 6.07) is 5.53. The normalized spacial score (nSPS) is 10.6. The summed E-state index contributed by atoms with van der Waals surface area (Å²) in [4.78, 5) is 15.4. The molecule has 0 aromatic heterocycles. The van der Waals surface area contributed by atoms with Crippen molar-refractivity contribution in [3.8, 4) is 0 Å². The van der Waals surface area contributed by atoms with Gasteiger partial charge in [-0.25, -0.2) is 9.38 Å². The number of anilines is 1. The highest BCUT2D eigenvalue weighted by Gasteiger charge is 2.01. The number of carbonyl (C=O) groups is 1. The zero-order valence-electron chi connectivity index (χ0n) is 11.4. The topological polar surface area (TPSA) is 79.5 Å². The summed E-state index contributed by atoms with van der Waals surface area (Å²) in [6.07, 6.45) is 2.06. The van der Waals surface area contributed by atoms with E-state index in [1.54, 1.807) is 0 Å². The molecular formula is C13H20FIN4O. The van der Waals surface area contributed by atoms with Gasteiger partial charge in [0.15, 0.2) is 5.96 Å². The van der Waals surface area contributed by atoms with E-state index in [4.69, 9.17) is 5.73 Å². The number of benzene rings is 1. The van der Waals surface area contributed by atoms with Crippen LogP contribution in [-0.2, 0) is 4.79 Å². The van der Waals surface area contributed by atoms with Gasteiger partial charge in [0, 0.05) is 12.2 Å². The molecule has 1 rings (SSSR count). The summed E-state index contributed by atoms with van der Waals surface area (Å²) in [5.41, 5.74) is 6.11. The lowest BCUT2D eigenvalue weighted by Crippen LogP contribution is -2.33. The average molecular weight is 394 g/mol. The molecular weight excluding hydrogens is 374 g/mol. The second-order valence-electron chi connectivity index (χ2n) is 4.04. The lowest BCUT2D eigenvalue weighted by atomic mass is 10.3. The summed E-state index contributed by atoms with van der Waals surface area (Å²) in [5, 5.41) is 5.50. The van der Waals surface area contributed by atoms with Crippen molar-refractivity contribution in [2.45, 2.75) is 19.8 Å². The van der Waals surface area contributed by atoms with Crippen molar-refractivity contribution >= 4 is 41.5 Å². The van der Waals surface area contributed by atoms with Gasteiger partial charge in [-0.05, 0) is 30.7 Å². The van der Waals surface area contributed by atoms with E-state index in [-0.39, 0.29) is 48.2 Å². The third-order valence-electron chi connectivity index (χ3n) is 2.36. The molecule has 0 aliphatic heterocycles. The van der Waals surface area contributed by atoms with Crippen molar-refractivity contribution < 1.29 is 9.18 Å². The van der Waals surface area contributed by atoms with Crippen LogP contribution in [0, 0.1) is 5.82 Å². The van der Waals surface area contributed by atoms with Crippen LogP contribution in [0.2, 0.25) is 0 Å². The van der Waals surface area contributed by atoms with E-state index in [1.807, 2.05) is 0 Å². The summed E-state index contributed by atoms with van der Waals surface area (Å²) < 4.78 is 12.7. The lowest BCUT2D eigenvalue weighted by Gasteiger charge is -2.05. The fourth-order valence-corrected chi connectivity index (χ4v) is 1.34. The van der Waals surface area contributed by atoms with Crippen LogP contribution in [0.5, 0.6) is 0 Å². The zero-order chi connectivity index (χ0) is 14.1. The predicted molar refractivity (Wildman–Crippen MR) is 89.8 cm³/mol. The van der Waals surface area contributed by atoms with Crippen molar-refractivity contribution in [2.24, 2.45) is 10.7 Å². The number of guanidine groups is 1. The minimum atomic E-state index is -0.347. The minimum absolute atomic E-state index is 0. The van der Waals surface area contributed by atoms with Crippen LogP contribution in [0.1, 0.15) is 19.8 Å². The predicted octanol–water partition coefficient (Wildman–Crippen LogP) is 2.09. The molecule has 0 saturated heterocycles. The fraction of sp³-hybridized carbons (Fsp3) is 0.385. The number of halogens is 2. The van der Waals surface area contributed by atoms with Crippen molar-refractivity contribution in [2.75, 3.05) is 18.4 Å². The van der Waals surface area contributed by atoms with Crippen LogP contribution in [0.25, 0.3) is 0 Å². The number of nitrogens with zero attached hydrogens (tertiary/aromatic N) is 1. The standard InChI is InChI=1S/C13H19FN4O.HI/c1-2-3-8-16-13(15)17-9-12(19)18-11-6-4-10(14)5-7-11;/h4-7H,2-3,8-9H2,1H3,(H,18,19)(H3,15,16,17);1H. The molecule has 0 aliphatic carbocycles. The highest BCUT2D eigenvalue weighted by atomic mass is 127. The Bertz CT molecular complexity index is 437. The number of unbranched alkanes of at least 4 members (excludes halogenated alkanes) is 1. The number of nitrogens with one attached hydrogen (secondary N) is 2. The maximum atomic E-state index is 12.7. The molecule has 0 spiro atoms. The Morgan fingerprint density at radius 2 is 2.00 bits per heavy atom. The minimum Gasteiger partial charge on any atom is -0.370 e. The van der Waals surface area contributed by atoms with Gasteiger partial charge in [0.2, 0.25) is 5.91 Å². The average Bonchev–Trinajstić information content (AvgIpc) is 2.39. The van der Waals surface area contributed by atoms with E-state index in [9.17, 15) is 9.18 Å². The molecule has 0 unspecified atom stereocenters. The molecule has 0 bridgehead atoms. The SMILES string of the molecule is CCCCNC(N)=NCC(=O)Nc1ccc(F)cc1.I. The Balaban J connectivity index is 0.00000361. The first kappa shape index (κ1) is 18.6. The lowest BCUT2D eigenvalue weighted by molar-refractivity contribution is -0.114. The molecule has 4 N–H and O–H groups in total. The Kier molecular flexibility index (Phi) is 9.69. The molecule has 1 aromatic rings. The molecule has 0 radical (unpaired) electrons. The molecule has 0 atom stereocenters. The van der Waals surface area contributed by atoms with Crippen LogP contribution in [0.4, 0.5) is 10.1 Å². The summed E-state index contributed by atoms with van der Waals surface area (Å²) in [5.74, 6) is -0.394. The number of hydrogen-bond acceptors (Lipinski definition) is 2. The van der Waals surface area contributed by atoms with Crippen LogP contribution in [-0.4, -0.2) is 25.0 Å². The van der Waals surface area contributed by atoms with Gasteiger partial charge in [-0.1, -0.05) is 13.3 Å². The van der Waals surface area contributed by atoms with Gasteiger partial charge < -0.3 is 16.4 Å². The van der Waals surface area contributed by atoms with Crippen LogP contribution in [0.3, 0.4) is 0 Å². The summed E-state index contributed by atoms with van der Waals surface area (Å²) >= 11 is 0.